The molecule has 2 rings (SSSR count). The van der Waals surface area contributed by atoms with Gasteiger partial charge in [-0.1, -0.05) is 17.7 Å². The lowest BCUT2D eigenvalue weighted by molar-refractivity contribution is 0.408. The first-order chi connectivity index (χ1) is 7.13. The van der Waals surface area contributed by atoms with Crippen molar-refractivity contribution in [1.82, 2.24) is 0 Å². The first-order valence-corrected chi connectivity index (χ1v) is 5.62. The van der Waals surface area contributed by atoms with Crippen LogP contribution in [0.5, 0.6) is 5.75 Å². The summed E-state index contributed by atoms with van der Waals surface area (Å²) in [5.74, 6) is 0.867. The number of ether oxygens (including phenoxy) is 1. The molecule has 3 heteroatoms. The predicted octanol–water partition coefficient (Wildman–Crippen LogP) is 2.77. The summed E-state index contributed by atoms with van der Waals surface area (Å²) in [6.45, 7) is 0. The third-order valence-electron chi connectivity index (χ3n) is 3.03. The van der Waals surface area contributed by atoms with Gasteiger partial charge in [-0.15, -0.1) is 0 Å². The summed E-state index contributed by atoms with van der Waals surface area (Å²) >= 11 is 5.89. The van der Waals surface area contributed by atoms with Gasteiger partial charge in [0.25, 0.3) is 0 Å². The van der Waals surface area contributed by atoms with Crippen molar-refractivity contribution in [3.8, 4) is 5.75 Å². The van der Waals surface area contributed by atoms with Crippen molar-refractivity contribution in [2.75, 3.05) is 7.11 Å². The van der Waals surface area contributed by atoms with Gasteiger partial charge in [-0.05, 0) is 43.4 Å². The van der Waals surface area contributed by atoms with E-state index in [9.17, 15) is 0 Å². The summed E-state index contributed by atoms with van der Waals surface area (Å²) in [7, 11) is 1.67. The van der Waals surface area contributed by atoms with Crippen molar-refractivity contribution >= 4 is 11.6 Å². The molecular weight excluding hydrogens is 210 g/mol. The molecule has 2 N–H and O–H groups in total. The molecule has 82 valence electrons. The molecule has 2 nitrogen and oxygen atoms in total. The van der Waals surface area contributed by atoms with Crippen LogP contribution in [0.25, 0.3) is 0 Å². The molecule has 1 aliphatic carbocycles. The fraction of sp³-hybridized carbons (Fsp3) is 0.500. The predicted molar refractivity (Wildman–Crippen MR) is 62.5 cm³/mol. The van der Waals surface area contributed by atoms with Crippen LogP contribution in [0.1, 0.15) is 24.8 Å². The van der Waals surface area contributed by atoms with Gasteiger partial charge in [0, 0.05) is 10.6 Å². The Morgan fingerprint density at radius 2 is 2.20 bits per heavy atom. The first kappa shape index (κ1) is 10.8. The summed E-state index contributed by atoms with van der Waals surface area (Å²) in [6.07, 6.45) is 4.31. The number of rotatable bonds is 4. The lowest BCUT2D eigenvalue weighted by Crippen LogP contribution is -2.22. The van der Waals surface area contributed by atoms with Crippen LogP contribution in [0.4, 0.5) is 0 Å². The van der Waals surface area contributed by atoms with Crippen LogP contribution in [0.3, 0.4) is 0 Å². The molecular formula is C12H16ClNO. The Bertz CT molecular complexity index is 361. The van der Waals surface area contributed by atoms with Crippen LogP contribution in [-0.2, 0) is 6.42 Å². The van der Waals surface area contributed by atoms with Gasteiger partial charge in [-0.3, -0.25) is 0 Å². The van der Waals surface area contributed by atoms with Crippen LogP contribution in [0.15, 0.2) is 18.2 Å². The zero-order chi connectivity index (χ0) is 10.9. The molecule has 0 radical (unpaired) electrons. The maximum Gasteiger partial charge on any atom is 0.123 e. The van der Waals surface area contributed by atoms with Crippen molar-refractivity contribution in [3.05, 3.63) is 28.8 Å². The van der Waals surface area contributed by atoms with Crippen molar-refractivity contribution in [1.29, 1.82) is 0 Å². The third kappa shape index (κ3) is 2.64. The van der Waals surface area contributed by atoms with Gasteiger partial charge in [-0.25, -0.2) is 0 Å². The van der Waals surface area contributed by atoms with E-state index in [1.165, 1.54) is 5.56 Å². The van der Waals surface area contributed by atoms with E-state index >= 15 is 0 Å². The Morgan fingerprint density at radius 1 is 1.47 bits per heavy atom. The van der Waals surface area contributed by atoms with Crippen molar-refractivity contribution in [2.45, 2.75) is 31.2 Å². The van der Waals surface area contributed by atoms with E-state index in [1.54, 1.807) is 7.11 Å². The minimum Gasteiger partial charge on any atom is -0.496 e. The van der Waals surface area contributed by atoms with Crippen LogP contribution < -0.4 is 10.5 Å². The Balaban J connectivity index is 2.06. The van der Waals surface area contributed by atoms with Crippen LogP contribution in [-0.4, -0.2) is 12.6 Å². The largest absolute Gasteiger partial charge is 0.496 e. The normalized spacial score (nSPS) is 17.5. The SMILES string of the molecule is COc1cc(Cl)ccc1CCC1(N)CC1. The van der Waals surface area contributed by atoms with Crippen LogP contribution in [0, 0.1) is 0 Å². The van der Waals surface area contributed by atoms with Crippen molar-refractivity contribution < 1.29 is 4.74 Å². The molecule has 0 aliphatic heterocycles. The number of benzene rings is 1. The fourth-order valence-corrected chi connectivity index (χ4v) is 1.88. The molecule has 0 aromatic heterocycles. The second-order valence-corrected chi connectivity index (χ2v) is 4.75. The Labute approximate surface area is 95.4 Å². The number of methoxy groups -OCH3 is 1. The quantitative estimate of drug-likeness (QED) is 0.855. The molecule has 1 aromatic carbocycles. The second kappa shape index (κ2) is 4.03. The smallest absolute Gasteiger partial charge is 0.123 e. The molecule has 0 atom stereocenters. The topological polar surface area (TPSA) is 35.2 Å². The summed E-state index contributed by atoms with van der Waals surface area (Å²) < 4.78 is 5.29. The summed E-state index contributed by atoms with van der Waals surface area (Å²) in [4.78, 5) is 0. The van der Waals surface area contributed by atoms with Gasteiger partial charge >= 0.3 is 0 Å². The highest BCUT2D eigenvalue weighted by Gasteiger charge is 2.37. The van der Waals surface area contributed by atoms with Crippen molar-refractivity contribution in [2.24, 2.45) is 5.73 Å². The molecule has 0 heterocycles. The van der Waals surface area contributed by atoms with E-state index < -0.39 is 0 Å². The molecule has 0 saturated heterocycles. The monoisotopic (exact) mass is 225 g/mol. The van der Waals surface area contributed by atoms with Gasteiger partial charge in [-0.2, -0.15) is 0 Å². The number of halogens is 1. The Kier molecular flexibility index (Phi) is 2.89. The Morgan fingerprint density at radius 3 is 2.80 bits per heavy atom. The third-order valence-corrected chi connectivity index (χ3v) is 3.27. The maximum atomic E-state index is 6.05. The molecule has 1 fully saturated rings. The van der Waals surface area contributed by atoms with Gasteiger partial charge in [0.15, 0.2) is 0 Å². The zero-order valence-corrected chi connectivity index (χ0v) is 9.68. The number of nitrogens with two attached hydrogens (primary N) is 1. The molecule has 0 unspecified atom stereocenters. The minimum absolute atomic E-state index is 0.102. The van der Waals surface area contributed by atoms with E-state index in [1.807, 2.05) is 18.2 Å². The van der Waals surface area contributed by atoms with Crippen molar-refractivity contribution in [3.63, 3.8) is 0 Å². The summed E-state index contributed by atoms with van der Waals surface area (Å²) in [5, 5.41) is 0.712. The average molecular weight is 226 g/mol. The molecule has 0 amide bonds. The van der Waals surface area contributed by atoms with Gasteiger partial charge < -0.3 is 10.5 Å². The molecule has 1 aliphatic rings. The molecule has 0 spiro atoms. The highest BCUT2D eigenvalue weighted by molar-refractivity contribution is 6.30. The highest BCUT2D eigenvalue weighted by Crippen LogP contribution is 2.37. The van der Waals surface area contributed by atoms with E-state index in [4.69, 9.17) is 22.1 Å². The van der Waals surface area contributed by atoms with Gasteiger partial charge in [0.05, 0.1) is 7.11 Å². The summed E-state index contributed by atoms with van der Waals surface area (Å²) in [6, 6.07) is 5.77. The average Bonchev–Trinajstić information content (AvgIpc) is 2.95. The number of hydrogen-bond donors (Lipinski definition) is 1. The van der Waals surface area contributed by atoms with Gasteiger partial charge in [0.2, 0.25) is 0 Å². The van der Waals surface area contributed by atoms with E-state index in [0.29, 0.717) is 5.02 Å². The molecule has 15 heavy (non-hydrogen) atoms. The molecule has 1 saturated carbocycles. The Hall–Kier alpha value is -0.730. The highest BCUT2D eigenvalue weighted by atomic mass is 35.5. The van der Waals surface area contributed by atoms with E-state index in [0.717, 1.165) is 31.4 Å². The lowest BCUT2D eigenvalue weighted by Gasteiger charge is -2.11. The van der Waals surface area contributed by atoms with Crippen LogP contribution >= 0.6 is 11.6 Å². The maximum absolute atomic E-state index is 6.05. The van der Waals surface area contributed by atoms with E-state index in [2.05, 4.69) is 0 Å². The van der Waals surface area contributed by atoms with Gasteiger partial charge in [0.1, 0.15) is 5.75 Å². The molecule has 0 bridgehead atoms. The standard InChI is InChI=1S/C12H16ClNO/c1-15-11-8-10(13)3-2-9(11)4-5-12(14)6-7-12/h2-3,8H,4-7,14H2,1H3. The number of hydrogen-bond acceptors (Lipinski definition) is 2. The lowest BCUT2D eigenvalue weighted by atomic mass is 10.0. The first-order valence-electron chi connectivity index (χ1n) is 5.24. The fourth-order valence-electron chi connectivity index (χ4n) is 1.72. The van der Waals surface area contributed by atoms with E-state index in [-0.39, 0.29) is 5.54 Å². The zero-order valence-electron chi connectivity index (χ0n) is 8.92. The minimum atomic E-state index is 0.102. The number of aryl methyl sites for hydroxylation is 1. The summed E-state index contributed by atoms with van der Waals surface area (Å²) in [5.41, 5.74) is 7.34. The second-order valence-electron chi connectivity index (χ2n) is 4.32. The van der Waals surface area contributed by atoms with Crippen LogP contribution in [0.2, 0.25) is 5.02 Å². The molecule has 1 aromatic rings.